The number of rotatable bonds is 6. The number of likely N-dealkylation sites (tertiary alicyclic amines) is 1. The fourth-order valence-corrected chi connectivity index (χ4v) is 5.28. The highest BCUT2D eigenvalue weighted by atomic mass is 16.5. The first-order valence-electron chi connectivity index (χ1n) is 14.4. The lowest BCUT2D eigenvalue weighted by molar-refractivity contribution is -0.137. The normalized spacial score (nSPS) is 22.9. The molecule has 4 rings (SSSR count). The maximum Gasteiger partial charge on any atom is 0.255 e. The van der Waals surface area contributed by atoms with Crippen LogP contribution in [0.2, 0.25) is 0 Å². The maximum absolute atomic E-state index is 13.4. The third-order valence-electron chi connectivity index (χ3n) is 7.71. The van der Waals surface area contributed by atoms with Gasteiger partial charge in [-0.25, -0.2) is 0 Å². The largest absolute Gasteiger partial charge is 0.491 e. The van der Waals surface area contributed by atoms with Crippen molar-refractivity contribution in [2.75, 3.05) is 39.8 Å². The van der Waals surface area contributed by atoms with Crippen molar-refractivity contribution >= 4 is 23.6 Å². The summed E-state index contributed by atoms with van der Waals surface area (Å²) in [5.41, 5.74) is 1.27. The van der Waals surface area contributed by atoms with Crippen LogP contribution in [-0.4, -0.2) is 91.4 Å². The number of likely N-dealkylation sites (N-methyl/N-ethyl adjacent to an activating group) is 1. The van der Waals surface area contributed by atoms with Crippen LogP contribution in [0.3, 0.4) is 0 Å². The van der Waals surface area contributed by atoms with E-state index in [1.165, 1.54) is 6.42 Å². The Hall–Kier alpha value is -3.92. The van der Waals surface area contributed by atoms with Gasteiger partial charge in [-0.2, -0.15) is 0 Å². The first kappa shape index (κ1) is 30.0. The van der Waals surface area contributed by atoms with Crippen molar-refractivity contribution in [3.8, 4) is 5.75 Å². The Morgan fingerprint density at radius 3 is 2.44 bits per heavy atom. The maximum atomic E-state index is 13.4. The number of nitrogens with zero attached hydrogens (tertiary/aromatic N) is 2. The number of benzene rings is 2. The minimum absolute atomic E-state index is 0.127. The molecule has 0 bridgehead atoms. The fourth-order valence-electron chi connectivity index (χ4n) is 5.28. The Morgan fingerprint density at radius 1 is 0.976 bits per heavy atom. The monoisotopic (exact) mass is 563 g/mol. The molecule has 10 heteroatoms. The molecule has 0 saturated carbocycles. The van der Waals surface area contributed by atoms with E-state index in [-0.39, 0.29) is 30.5 Å². The zero-order chi connectivity index (χ0) is 29.2. The van der Waals surface area contributed by atoms with Gasteiger partial charge in [-0.3, -0.25) is 19.2 Å². The molecule has 2 aromatic rings. The molecule has 4 amide bonds. The summed E-state index contributed by atoms with van der Waals surface area (Å²) < 4.78 is 6.14. The van der Waals surface area contributed by atoms with Crippen molar-refractivity contribution in [3.05, 3.63) is 65.7 Å². The number of ether oxygens (including phenoxy) is 1. The zero-order valence-corrected chi connectivity index (χ0v) is 23.9. The first-order valence-corrected chi connectivity index (χ1v) is 14.4. The van der Waals surface area contributed by atoms with Gasteiger partial charge in [0, 0.05) is 20.1 Å². The first-order chi connectivity index (χ1) is 19.8. The molecule has 41 heavy (non-hydrogen) atoms. The molecule has 0 aliphatic carbocycles. The third kappa shape index (κ3) is 8.53. The van der Waals surface area contributed by atoms with Gasteiger partial charge in [-0.1, -0.05) is 48.9 Å². The van der Waals surface area contributed by atoms with Gasteiger partial charge >= 0.3 is 0 Å². The summed E-state index contributed by atoms with van der Waals surface area (Å²) in [5.74, 6) is -1.41. The summed E-state index contributed by atoms with van der Waals surface area (Å²) >= 11 is 0. The summed E-state index contributed by atoms with van der Waals surface area (Å²) in [7, 11) is 1.69. The topological polar surface area (TPSA) is 120 Å². The summed E-state index contributed by atoms with van der Waals surface area (Å²) in [6, 6.07) is 14.2. The minimum Gasteiger partial charge on any atom is -0.491 e. The summed E-state index contributed by atoms with van der Waals surface area (Å²) in [5, 5.41) is 8.32. The predicted octanol–water partition coefficient (Wildman–Crippen LogP) is 1.74. The van der Waals surface area contributed by atoms with Crippen molar-refractivity contribution in [2.45, 2.75) is 57.2 Å². The van der Waals surface area contributed by atoms with Crippen molar-refractivity contribution < 1.29 is 23.9 Å². The van der Waals surface area contributed by atoms with E-state index in [1.807, 2.05) is 30.3 Å². The second-order valence-corrected chi connectivity index (χ2v) is 10.8. The molecule has 0 radical (unpaired) electrons. The van der Waals surface area contributed by atoms with Gasteiger partial charge in [0.25, 0.3) is 5.91 Å². The Kier molecular flexibility index (Phi) is 10.7. The molecule has 0 aromatic heterocycles. The lowest BCUT2D eigenvalue weighted by atomic mass is 10.0. The average molecular weight is 564 g/mol. The van der Waals surface area contributed by atoms with Crippen LogP contribution in [0.25, 0.3) is 0 Å². The molecule has 10 nitrogen and oxygen atoms in total. The smallest absolute Gasteiger partial charge is 0.255 e. The Balaban J connectivity index is 1.53. The number of hydrogen-bond acceptors (Lipinski definition) is 6. The van der Waals surface area contributed by atoms with Gasteiger partial charge in [0.1, 0.15) is 24.4 Å². The van der Waals surface area contributed by atoms with E-state index >= 15 is 0 Å². The van der Waals surface area contributed by atoms with Crippen LogP contribution in [0, 0.1) is 0 Å². The van der Waals surface area contributed by atoms with Gasteiger partial charge in [-0.15, -0.1) is 0 Å². The molecule has 3 N–H and O–H groups in total. The molecule has 1 fully saturated rings. The molecule has 2 aliphatic heterocycles. The lowest BCUT2D eigenvalue weighted by Crippen LogP contribution is -2.54. The van der Waals surface area contributed by atoms with E-state index in [0.29, 0.717) is 25.3 Å². The molecule has 0 unspecified atom stereocenters. The van der Waals surface area contributed by atoms with E-state index in [1.54, 1.807) is 43.1 Å². The van der Waals surface area contributed by atoms with E-state index in [9.17, 15) is 19.2 Å². The zero-order valence-electron chi connectivity index (χ0n) is 23.9. The molecule has 0 spiro atoms. The second kappa shape index (κ2) is 14.6. The number of amides is 4. The molecular weight excluding hydrogens is 522 g/mol. The lowest BCUT2D eigenvalue weighted by Gasteiger charge is -2.31. The van der Waals surface area contributed by atoms with Crippen molar-refractivity contribution in [1.29, 1.82) is 0 Å². The van der Waals surface area contributed by atoms with Crippen LogP contribution in [0.15, 0.2) is 54.6 Å². The average Bonchev–Trinajstić information content (AvgIpc) is 2.98. The quantitative estimate of drug-likeness (QED) is 0.493. The number of hydrogen-bond donors (Lipinski definition) is 3. The van der Waals surface area contributed by atoms with E-state index < -0.39 is 29.8 Å². The van der Waals surface area contributed by atoms with Gasteiger partial charge < -0.3 is 30.5 Å². The van der Waals surface area contributed by atoms with Crippen molar-refractivity contribution in [2.24, 2.45) is 0 Å². The molecule has 3 atom stereocenters. The summed E-state index contributed by atoms with van der Waals surface area (Å²) in [6.45, 7) is 4.86. The van der Waals surface area contributed by atoms with Crippen LogP contribution < -0.4 is 20.7 Å². The van der Waals surface area contributed by atoms with Crippen LogP contribution in [0.5, 0.6) is 5.75 Å². The highest BCUT2D eigenvalue weighted by Crippen LogP contribution is 2.20. The van der Waals surface area contributed by atoms with Crippen molar-refractivity contribution in [3.63, 3.8) is 0 Å². The Bertz CT molecular complexity index is 1200. The van der Waals surface area contributed by atoms with Crippen LogP contribution >= 0.6 is 0 Å². The number of fused-ring (bicyclic) bond motifs is 1. The van der Waals surface area contributed by atoms with Crippen molar-refractivity contribution in [1.82, 2.24) is 25.8 Å². The van der Waals surface area contributed by atoms with Gasteiger partial charge in [-0.05, 0) is 57.0 Å². The van der Waals surface area contributed by atoms with Crippen LogP contribution in [0.1, 0.15) is 48.5 Å². The number of carbonyl (C=O) groups excluding carboxylic acids is 4. The third-order valence-corrected chi connectivity index (χ3v) is 7.71. The Labute approximate surface area is 241 Å². The van der Waals surface area contributed by atoms with Gasteiger partial charge in [0.2, 0.25) is 17.7 Å². The fraction of sp³-hybridized carbons (Fsp3) is 0.484. The summed E-state index contributed by atoms with van der Waals surface area (Å²) in [6.07, 6.45) is 3.74. The van der Waals surface area contributed by atoms with E-state index in [4.69, 9.17) is 4.74 Å². The highest BCUT2D eigenvalue weighted by Gasteiger charge is 2.30. The SMILES string of the molecule is C[C@@H]1NC(=O)C[C@@H](C(=O)NCCN2CCCCC2)NC(=O)c2ccccc2OC[C@H](Cc2ccccc2)N(C)C1=O. The number of carbonyl (C=O) groups is 4. The minimum atomic E-state index is -1.12. The summed E-state index contributed by atoms with van der Waals surface area (Å²) in [4.78, 5) is 56.8. The number of piperidine rings is 1. The molecule has 220 valence electrons. The van der Waals surface area contributed by atoms with Crippen LogP contribution in [-0.2, 0) is 20.8 Å². The molecule has 1 saturated heterocycles. The van der Waals surface area contributed by atoms with Gasteiger partial charge in [0.15, 0.2) is 0 Å². The molecule has 2 heterocycles. The predicted molar refractivity (Wildman–Crippen MR) is 155 cm³/mol. The Morgan fingerprint density at radius 2 is 1.68 bits per heavy atom. The van der Waals surface area contributed by atoms with Gasteiger partial charge in [0.05, 0.1) is 18.0 Å². The van der Waals surface area contributed by atoms with E-state index in [0.717, 1.165) is 31.5 Å². The number of nitrogens with one attached hydrogen (secondary N) is 3. The van der Waals surface area contributed by atoms with Crippen LogP contribution in [0.4, 0.5) is 0 Å². The molecule has 2 aliphatic rings. The highest BCUT2D eigenvalue weighted by molar-refractivity contribution is 6.01. The number of para-hydroxylation sites is 1. The standard InChI is InChI=1S/C31H41N5O5/c1-22-31(40)35(2)24(19-23-11-5-3-6-12-23)21-41-27-14-8-7-13-25(27)29(38)34-26(20-28(37)33-22)30(39)32-15-18-36-16-9-4-10-17-36/h3,5-8,11-14,22,24,26H,4,9-10,15-21H2,1-2H3,(H,32,39)(H,33,37)(H,34,38)/t22-,24-,26-/m0/s1. The molecular formula is C31H41N5O5. The second-order valence-electron chi connectivity index (χ2n) is 10.8. The van der Waals surface area contributed by atoms with E-state index in [2.05, 4.69) is 20.9 Å². The molecule has 2 aromatic carbocycles.